The SMILES string of the molecule is CCNC(CCc1ccnn1C)Cc1cccc(OC)c1. The van der Waals surface area contributed by atoms with Crippen LogP contribution >= 0.6 is 0 Å². The molecule has 1 unspecified atom stereocenters. The van der Waals surface area contributed by atoms with Crippen LogP contribution in [0.15, 0.2) is 36.5 Å². The van der Waals surface area contributed by atoms with Crippen molar-refractivity contribution in [2.45, 2.75) is 32.2 Å². The maximum atomic E-state index is 5.30. The van der Waals surface area contributed by atoms with Gasteiger partial charge in [0.2, 0.25) is 0 Å². The van der Waals surface area contributed by atoms with Crippen LogP contribution in [0.3, 0.4) is 0 Å². The maximum absolute atomic E-state index is 5.30. The minimum absolute atomic E-state index is 0.469. The van der Waals surface area contributed by atoms with Crippen LogP contribution in [0.2, 0.25) is 0 Å². The zero-order chi connectivity index (χ0) is 15.1. The molecule has 0 saturated heterocycles. The van der Waals surface area contributed by atoms with Gasteiger partial charge >= 0.3 is 0 Å². The fraction of sp³-hybridized carbons (Fsp3) is 0.471. The van der Waals surface area contributed by atoms with Crippen LogP contribution in [0, 0.1) is 0 Å². The summed E-state index contributed by atoms with van der Waals surface area (Å²) in [6.45, 7) is 3.14. The Morgan fingerprint density at radius 3 is 2.86 bits per heavy atom. The third-order valence-corrected chi connectivity index (χ3v) is 3.78. The Hall–Kier alpha value is -1.81. The van der Waals surface area contributed by atoms with Gasteiger partial charge in [0, 0.05) is 25.0 Å². The minimum Gasteiger partial charge on any atom is -0.497 e. The molecule has 4 nitrogen and oxygen atoms in total. The molecule has 1 atom stereocenters. The fourth-order valence-corrected chi connectivity index (χ4v) is 2.62. The molecule has 0 amide bonds. The number of ether oxygens (including phenoxy) is 1. The first-order valence-electron chi connectivity index (χ1n) is 7.56. The normalized spacial score (nSPS) is 12.3. The molecule has 1 heterocycles. The van der Waals surface area contributed by atoms with Crippen LogP contribution in [-0.2, 0) is 19.9 Å². The van der Waals surface area contributed by atoms with Gasteiger partial charge in [0.1, 0.15) is 5.75 Å². The molecule has 0 aliphatic rings. The van der Waals surface area contributed by atoms with Crippen LogP contribution in [-0.4, -0.2) is 29.5 Å². The highest BCUT2D eigenvalue weighted by atomic mass is 16.5. The Bertz CT molecular complexity index is 550. The van der Waals surface area contributed by atoms with Gasteiger partial charge in [-0.1, -0.05) is 19.1 Å². The molecule has 1 aromatic carbocycles. The second kappa shape index (κ2) is 7.84. The average molecular weight is 287 g/mol. The van der Waals surface area contributed by atoms with E-state index in [4.69, 9.17) is 4.74 Å². The Kier molecular flexibility index (Phi) is 5.81. The highest BCUT2D eigenvalue weighted by molar-refractivity contribution is 5.29. The summed E-state index contributed by atoms with van der Waals surface area (Å²) in [7, 11) is 3.71. The van der Waals surface area contributed by atoms with E-state index in [9.17, 15) is 0 Å². The van der Waals surface area contributed by atoms with Crippen molar-refractivity contribution in [2.24, 2.45) is 7.05 Å². The summed E-state index contributed by atoms with van der Waals surface area (Å²) in [5.74, 6) is 0.925. The molecule has 0 radical (unpaired) electrons. The third-order valence-electron chi connectivity index (χ3n) is 3.78. The van der Waals surface area contributed by atoms with Crippen LogP contribution in [0.1, 0.15) is 24.6 Å². The van der Waals surface area contributed by atoms with Crippen molar-refractivity contribution in [2.75, 3.05) is 13.7 Å². The predicted molar refractivity (Wildman–Crippen MR) is 85.7 cm³/mol. The van der Waals surface area contributed by atoms with Gasteiger partial charge in [-0.3, -0.25) is 4.68 Å². The topological polar surface area (TPSA) is 39.1 Å². The van der Waals surface area contributed by atoms with Gasteiger partial charge < -0.3 is 10.1 Å². The van der Waals surface area contributed by atoms with Crippen molar-refractivity contribution in [3.63, 3.8) is 0 Å². The average Bonchev–Trinajstić information content (AvgIpc) is 2.90. The zero-order valence-corrected chi connectivity index (χ0v) is 13.2. The lowest BCUT2D eigenvalue weighted by Gasteiger charge is -2.18. The van der Waals surface area contributed by atoms with E-state index < -0.39 is 0 Å². The van der Waals surface area contributed by atoms with E-state index in [0.29, 0.717) is 6.04 Å². The number of nitrogens with zero attached hydrogens (tertiary/aromatic N) is 2. The number of methoxy groups -OCH3 is 1. The first-order chi connectivity index (χ1) is 10.2. The van der Waals surface area contributed by atoms with Gasteiger partial charge in [-0.15, -0.1) is 0 Å². The highest BCUT2D eigenvalue weighted by Crippen LogP contribution is 2.15. The van der Waals surface area contributed by atoms with Crippen molar-refractivity contribution in [3.05, 3.63) is 47.8 Å². The summed E-state index contributed by atoms with van der Waals surface area (Å²) in [4.78, 5) is 0. The first-order valence-corrected chi connectivity index (χ1v) is 7.56. The molecule has 0 bridgehead atoms. The summed E-state index contributed by atoms with van der Waals surface area (Å²) in [5, 5.41) is 7.81. The second-order valence-electron chi connectivity index (χ2n) is 5.30. The molecule has 0 aliphatic carbocycles. The van der Waals surface area contributed by atoms with E-state index in [2.05, 4.69) is 41.6 Å². The largest absolute Gasteiger partial charge is 0.497 e. The van der Waals surface area contributed by atoms with Gasteiger partial charge in [0.25, 0.3) is 0 Å². The van der Waals surface area contributed by atoms with Crippen molar-refractivity contribution >= 4 is 0 Å². The highest BCUT2D eigenvalue weighted by Gasteiger charge is 2.10. The van der Waals surface area contributed by atoms with Gasteiger partial charge in [0.15, 0.2) is 0 Å². The van der Waals surface area contributed by atoms with Crippen molar-refractivity contribution in [3.8, 4) is 5.75 Å². The number of likely N-dealkylation sites (N-methyl/N-ethyl adjacent to an activating group) is 1. The molecule has 114 valence electrons. The fourth-order valence-electron chi connectivity index (χ4n) is 2.62. The van der Waals surface area contributed by atoms with E-state index in [1.807, 2.05) is 24.0 Å². The van der Waals surface area contributed by atoms with Gasteiger partial charge in [0.05, 0.1) is 7.11 Å². The van der Waals surface area contributed by atoms with Crippen LogP contribution < -0.4 is 10.1 Å². The Morgan fingerprint density at radius 2 is 2.19 bits per heavy atom. The van der Waals surface area contributed by atoms with E-state index in [0.717, 1.165) is 31.6 Å². The van der Waals surface area contributed by atoms with Gasteiger partial charge in [-0.25, -0.2) is 0 Å². The van der Waals surface area contributed by atoms with E-state index in [1.54, 1.807) is 7.11 Å². The molecule has 2 aromatic rings. The molecule has 2 rings (SSSR count). The Morgan fingerprint density at radius 1 is 1.33 bits per heavy atom. The number of aromatic nitrogens is 2. The summed E-state index contributed by atoms with van der Waals surface area (Å²) in [6, 6.07) is 10.9. The molecule has 0 fully saturated rings. The van der Waals surface area contributed by atoms with Crippen molar-refractivity contribution in [1.82, 2.24) is 15.1 Å². The third kappa shape index (κ3) is 4.60. The molecular weight excluding hydrogens is 262 g/mol. The Balaban J connectivity index is 1.96. The quantitative estimate of drug-likeness (QED) is 0.811. The van der Waals surface area contributed by atoms with Gasteiger partial charge in [-0.2, -0.15) is 5.10 Å². The molecule has 0 saturated carbocycles. The lowest BCUT2D eigenvalue weighted by Crippen LogP contribution is -2.31. The molecule has 21 heavy (non-hydrogen) atoms. The number of nitrogens with one attached hydrogen (secondary N) is 1. The Labute approximate surface area is 127 Å². The second-order valence-corrected chi connectivity index (χ2v) is 5.30. The smallest absolute Gasteiger partial charge is 0.119 e. The molecule has 0 spiro atoms. The molecule has 1 N–H and O–H groups in total. The molecule has 1 aromatic heterocycles. The summed E-state index contributed by atoms with van der Waals surface area (Å²) >= 11 is 0. The lowest BCUT2D eigenvalue weighted by molar-refractivity contribution is 0.413. The summed E-state index contributed by atoms with van der Waals surface area (Å²) < 4.78 is 7.25. The number of benzene rings is 1. The van der Waals surface area contributed by atoms with Crippen molar-refractivity contribution < 1.29 is 4.74 Å². The maximum Gasteiger partial charge on any atom is 0.119 e. The number of hydrogen-bond acceptors (Lipinski definition) is 3. The molecule has 0 aliphatic heterocycles. The molecular formula is C17H25N3O. The van der Waals surface area contributed by atoms with Crippen LogP contribution in [0.4, 0.5) is 0 Å². The van der Waals surface area contributed by atoms with E-state index >= 15 is 0 Å². The number of aryl methyl sites for hydroxylation is 2. The standard InChI is InChI=1S/C17H25N3O/c1-4-18-15(8-9-16-10-11-19-20(16)2)12-14-6-5-7-17(13-14)21-3/h5-7,10-11,13,15,18H,4,8-9,12H2,1-3H3. The monoisotopic (exact) mass is 287 g/mol. The molecule has 4 heteroatoms. The summed E-state index contributed by atoms with van der Waals surface area (Å²) in [6.07, 6.45) is 5.02. The van der Waals surface area contributed by atoms with E-state index in [-0.39, 0.29) is 0 Å². The van der Waals surface area contributed by atoms with Crippen LogP contribution in [0.5, 0.6) is 5.75 Å². The van der Waals surface area contributed by atoms with Crippen LogP contribution in [0.25, 0.3) is 0 Å². The van der Waals surface area contributed by atoms with Crippen molar-refractivity contribution in [1.29, 1.82) is 0 Å². The van der Waals surface area contributed by atoms with E-state index in [1.165, 1.54) is 11.3 Å². The number of hydrogen-bond donors (Lipinski definition) is 1. The predicted octanol–water partition coefficient (Wildman–Crippen LogP) is 2.58. The zero-order valence-electron chi connectivity index (χ0n) is 13.2. The first kappa shape index (κ1) is 15.6. The van der Waals surface area contributed by atoms with Gasteiger partial charge in [-0.05, 0) is 49.6 Å². The minimum atomic E-state index is 0.469. The lowest BCUT2D eigenvalue weighted by atomic mass is 10.0. The number of rotatable bonds is 8. The summed E-state index contributed by atoms with van der Waals surface area (Å²) in [5.41, 5.74) is 2.59.